The van der Waals surface area contributed by atoms with Crippen molar-refractivity contribution in [2.45, 2.75) is 45.6 Å². The number of hydrogen-bond acceptors (Lipinski definition) is 3. The van der Waals surface area contributed by atoms with Crippen molar-refractivity contribution in [1.29, 1.82) is 0 Å². The zero-order chi connectivity index (χ0) is 16.8. The highest BCUT2D eigenvalue weighted by Crippen LogP contribution is 2.22. The van der Waals surface area contributed by atoms with Crippen molar-refractivity contribution in [3.63, 3.8) is 0 Å². The molecule has 0 saturated carbocycles. The van der Waals surface area contributed by atoms with E-state index >= 15 is 0 Å². The lowest BCUT2D eigenvalue weighted by atomic mass is 10.1. The highest BCUT2D eigenvalue weighted by molar-refractivity contribution is 5.96. The molecular weight excluding hydrogens is 292 g/mol. The Morgan fingerprint density at radius 3 is 2.65 bits per heavy atom. The van der Waals surface area contributed by atoms with Crippen molar-refractivity contribution in [1.82, 2.24) is 10.6 Å². The van der Waals surface area contributed by atoms with Crippen molar-refractivity contribution in [2.24, 2.45) is 5.92 Å². The Morgan fingerprint density at radius 2 is 1.91 bits per heavy atom. The summed E-state index contributed by atoms with van der Waals surface area (Å²) in [5.74, 6) is -0.152. The van der Waals surface area contributed by atoms with Gasteiger partial charge in [0.25, 0.3) is 5.91 Å². The van der Waals surface area contributed by atoms with E-state index in [1.54, 1.807) is 0 Å². The maximum Gasteiger partial charge on any atom is 0.251 e. The molecule has 126 valence electrons. The Kier molecular flexibility index (Phi) is 6.16. The van der Waals surface area contributed by atoms with Crippen molar-refractivity contribution in [2.75, 3.05) is 13.1 Å². The molecule has 1 aromatic rings. The maximum absolute atomic E-state index is 12.1. The van der Waals surface area contributed by atoms with E-state index in [1.165, 1.54) is 11.1 Å². The molecule has 0 saturated heterocycles. The number of rotatable bonds is 7. The van der Waals surface area contributed by atoms with Crippen LogP contribution in [0.4, 0.5) is 0 Å². The first kappa shape index (κ1) is 17.5. The van der Waals surface area contributed by atoms with Gasteiger partial charge in [-0.2, -0.15) is 0 Å². The van der Waals surface area contributed by atoms with Crippen LogP contribution in [0.1, 0.15) is 48.2 Å². The maximum atomic E-state index is 12.1. The minimum atomic E-state index is -0.550. The normalized spacial score (nSPS) is 14.4. The molecule has 2 amide bonds. The Bertz CT molecular complexity index is 569. The topological polar surface area (TPSA) is 78.4 Å². The lowest BCUT2D eigenvalue weighted by molar-refractivity contribution is -0.120. The Morgan fingerprint density at radius 1 is 1.17 bits per heavy atom. The van der Waals surface area contributed by atoms with E-state index in [1.807, 2.05) is 32.0 Å². The number of aliphatic hydroxyl groups excluding tert-OH is 1. The number of aliphatic hydroxyl groups is 1. The number of fused-ring (bicyclic) bond motifs is 1. The predicted molar refractivity (Wildman–Crippen MR) is 89.3 cm³/mol. The largest absolute Gasteiger partial charge is 0.391 e. The molecule has 1 unspecified atom stereocenters. The SMILES string of the molecule is CC(C)CC(O)CNC(=O)CNC(=O)c1ccc2c(c1)CCC2. The highest BCUT2D eigenvalue weighted by Gasteiger charge is 2.15. The molecule has 0 heterocycles. The highest BCUT2D eigenvalue weighted by atomic mass is 16.3. The molecule has 1 aliphatic rings. The molecule has 23 heavy (non-hydrogen) atoms. The minimum absolute atomic E-state index is 0.0791. The molecule has 0 aliphatic heterocycles. The van der Waals surface area contributed by atoms with Gasteiger partial charge in [-0.1, -0.05) is 19.9 Å². The number of carbonyl (C=O) groups excluding carboxylic acids is 2. The lowest BCUT2D eigenvalue weighted by Gasteiger charge is -2.14. The van der Waals surface area contributed by atoms with E-state index in [2.05, 4.69) is 10.6 Å². The molecule has 0 aromatic heterocycles. The smallest absolute Gasteiger partial charge is 0.251 e. The van der Waals surface area contributed by atoms with E-state index in [-0.39, 0.29) is 24.9 Å². The van der Waals surface area contributed by atoms with Gasteiger partial charge in [0.2, 0.25) is 5.91 Å². The van der Waals surface area contributed by atoms with Crippen LogP contribution in [0.15, 0.2) is 18.2 Å². The van der Waals surface area contributed by atoms with Crippen molar-refractivity contribution in [3.05, 3.63) is 34.9 Å². The first-order valence-corrected chi connectivity index (χ1v) is 8.30. The van der Waals surface area contributed by atoms with Crippen LogP contribution in [0, 0.1) is 5.92 Å². The number of amides is 2. The Hall–Kier alpha value is -1.88. The van der Waals surface area contributed by atoms with Crippen LogP contribution >= 0.6 is 0 Å². The summed E-state index contributed by atoms with van der Waals surface area (Å²) in [5, 5.41) is 15.0. The fourth-order valence-corrected chi connectivity index (χ4v) is 2.90. The standard InChI is InChI=1S/C18H26N2O3/c1-12(2)8-16(21)10-19-17(22)11-20-18(23)15-7-6-13-4-3-5-14(13)9-15/h6-7,9,12,16,21H,3-5,8,10-11H2,1-2H3,(H,19,22)(H,20,23). The summed E-state index contributed by atoms with van der Waals surface area (Å²) in [6, 6.07) is 5.73. The van der Waals surface area contributed by atoms with Crippen LogP contribution in [0.3, 0.4) is 0 Å². The molecule has 0 fully saturated rings. The van der Waals surface area contributed by atoms with Gasteiger partial charge in [-0.05, 0) is 54.9 Å². The van der Waals surface area contributed by atoms with Gasteiger partial charge in [0.1, 0.15) is 0 Å². The number of carbonyl (C=O) groups is 2. The molecule has 0 radical (unpaired) electrons. The van der Waals surface area contributed by atoms with E-state index in [9.17, 15) is 14.7 Å². The quantitative estimate of drug-likeness (QED) is 0.711. The third-order valence-corrected chi connectivity index (χ3v) is 4.05. The number of benzene rings is 1. The van der Waals surface area contributed by atoms with Crippen molar-refractivity contribution >= 4 is 11.8 Å². The molecule has 5 heteroatoms. The van der Waals surface area contributed by atoms with Crippen molar-refractivity contribution < 1.29 is 14.7 Å². The molecule has 1 aromatic carbocycles. The van der Waals surface area contributed by atoms with Gasteiger partial charge in [0.15, 0.2) is 0 Å². The molecule has 1 aliphatic carbocycles. The third-order valence-electron chi connectivity index (χ3n) is 4.05. The second kappa shape index (κ2) is 8.11. The van der Waals surface area contributed by atoms with Crippen molar-refractivity contribution in [3.8, 4) is 0 Å². The molecule has 2 rings (SSSR count). The summed E-state index contributed by atoms with van der Waals surface area (Å²) in [5.41, 5.74) is 3.15. The average molecular weight is 318 g/mol. The van der Waals surface area contributed by atoms with E-state index in [0.29, 0.717) is 17.9 Å². The molecule has 0 spiro atoms. The van der Waals surface area contributed by atoms with E-state index in [4.69, 9.17) is 0 Å². The summed E-state index contributed by atoms with van der Waals surface area (Å²) in [6.07, 6.45) is 3.33. The van der Waals surface area contributed by atoms with Gasteiger partial charge in [-0.15, -0.1) is 0 Å². The minimum Gasteiger partial charge on any atom is -0.391 e. The van der Waals surface area contributed by atoms with E-state index < -0.39 is 6.10 Å². The zero-order valence-corrected chi connectivity index (χ0v) is 13.9. The lowest BCUT2D eigenvalue weighted by Crippen LogP contribution is -2.40. The van der Waals surface area contributed by atoms with Gasteiger partial charge >= 0.3 is 0 Å². The third kappa shape index (κ3) is 5.36. The van der Waals surface area contributed by atoms with Gasteiger partial charge < -0.3 is 15.7 Å². The van der Waals surface area contributed by atoms with Crippen LogP contribution < -0.4 is 10.6 Å². The van der Waals surface area contributed by atoms with Gasteiger partial charge in [-0.25, -0.2) is 0 Å². The molecule has 3 N–H and O–H groups in total. The summed E-state index contributed by atoms with van der Waals surface area (Å²) in [6.45, 7) is 4.17. The number of aryl methyl sites for hydroxylation is 2. The fourth-order valence-electron chi connectivity index (χ4n) is 2.90. The average Bonchev–Trinajstić information content (AvgIpc) is 2.97. The molecule has 5 nitrogen and oxygen atoms in total. The number of nitrogens with one attached hydrogen (secondary N) is 2. The Balaban J connectivity index is 1.74. The summed E-state index contributed by atoms with van der Waals surface area (Å²) < 4.78 is 0. The summed E-state index contributed by atoms with van der Waals surface area (Å²) in [7, 11) is 0. The first-order chi connectivity index (χ1) is 11.0. The monoisotopic (exact) mass is 318 g/mol. The van der Waals surface area contributed by atoms with Gasteiger partial charge in [-0.3, -0.25) is 9.59 Å². The molecule has 0 bridgehead atoms. The van der Waals surface area contributed by atoms with Gasteiger partial charge in [0, 0.05) is 12.1 Å². The van der Waals surface area contributed by atoms with Crippen LogP contribution in [-0.4, -0.2) is 36.1 Å². The number of hydrogen-bond donors (Lipinski definition) is 3. The molecular formula is C18H26N2O3. The van der Waals surface area contributed by atoms with Crippen LogP contribution in [-0.2, 0) is 17.6 Å². The Labute approximate surface area is 137 Å². The molecule has 1 atom stereocenters. The zero-order valence-electron chi connectivity index (χ0n) is 13.9. The fraction of sp³-hybridized carbons (Fsp3) is 0.556. The predicted octanol–water partition coefficient (Wildman–Crippen LogP) is 1.43. The van der Waals surface area contributed by atoms with Crippen LogP contribution in [0.5, 0.6) is 0 Å². The van der Waals surface area contributed by atoms with Crippen LogP contribution in [0.25, 0.3) is 0 Å². The summed E-state index contributed by atoms with van der Waals surface area (Å²) >= 11 is 0. The van der Waals surface area contributed by atoms with E-state index in [0.717, 1.165) is 19.3 Å². The second-order valence-corrected chi connectivity index (χ2v) is 6.61. The van der Waals surface area contributed by atoms with Gasteiger partial charge in [0.05, 0.1) is 12.6 Å². The first-order valence-electron chi connectivity index (χ1n) is 8.30. The summed E-state index contributed by atoms with van der Waals surface area (Å²) in [4.78, 5) is 23.8. The van der Waals surface area contributed by atoms with Crippen LogP contribution in [0.2, 0.25) is 0 Å². The second-order valence-electron chi connectivity index (χ2n) is 6.61.